The summed E-state index contributed by atoms with van der Waals surface area (Å²) in [4.78, 5) is 25.9. The smallest absolute Gasteiger partial charge is 0.266 e. The number of benzene rings is 2. The van der Waals surface area contributed by atoms with Crippen LogP contribution in [0.5, 0.6) is 0 Å². The zero-order valence-electron chi connectivity index (χ0n) is 16.1. The fourth-order valence-electron chi connectivity index (χ4n) is 3.29. The number of nitrogens with two attached hydrogens (primary N) is 1. The number of thiophene rings is 1. The van der Waals surface area contributed by atoms with Crippen LogP contribution in [0.2, 0.25) is 0 Å². The van der Waals surface area contributed by atoms with Crippen molar-refractivity contribution in [3.63, 3.8) is 0 Å². The third kappa shape index (κ3) is 4.24. The molecule has 0 bridgehead atoms. The zero-order chi connectivity index (χ0) is 20.9. The van der Waals surface area contributed by atoms with Crippen molar-refractivity contribution in [1.29, 1.82) is 0 Å². The molecule has 1 atom stereocenters. The Morgan fingerprint density at radius 1 is 1.07 bits per heavy atom. The van der Waals surface area contributed by atoms with Crippen LogP contribution in [0.15, 0.2) is 66.0 Å². The Morgan fingerprint density at radius 3 is 2.63 bits per heavy atom. The van der Waals surface area contributed by atoms with E-state index in [0.29, 0.717) is 34.7 Å². The molecule has 8 heteroatoms. The molecule has 152 valence electrons. The molecule has 4 rings (SSSR count). The predicted molar refractivity (Wildman–Crippen MR) is 120 cm³/mol. The average Bonchev–Trinajstić information content (AvgIpc) is 3.43. The van der Waals surface area contributed by atoms with E-state index in [2.05, 4.69) is 20.8 Å². The SMILES string of the molecule is NCC[C@@H](C(=O)Nc1ccc2[nH]nc(NC(=O)c3cccs3)c2c1)c1ccccc1. The third-order valence-corrected chi connectivity index (χ3v) is 5.65. The molecule has 0 aliphatic rings. The number of carbonyl (C=O) groups excluding carboxylic acids is 2. The Bertz CT molecular complexity index is 1150. The van der Waals surface area contributed by atoms with E-state index >= 15 is 0 Å². The van der Waals surface area contributed by atoms with Crippen LogP contribution >= 0.6 is 11.3 Å². The molecular weight excluding hydrogens is 398 g/mol. The van der Waals surface area contributed by atoms with Crippen molar-refractivity contribution in [2.24, 2.45) is 5.73 Å². The molecule has 0 aliphatic heterocycles. The molecule has 4 aromatic rings. The standard InChI is InChI=1S/C22H21N5O2S/c23-11-10-16(14-5-2-1-3-6-14)21(28)24-15-8-9-18-17(13-15)20(27-26-18)25-22(29)19-7-4-12-30-19/h1-9,12-13,16H,10-11,23H2,(H,24,28)(H2,25,26,27,29)/t16-/m1/s1. The summed E-state index contributed by atoms with van der Waals surface area (Å²) in [5.74, 6) is -0.270. The van der Waals surface area contributed by atoms with Gasteiger partial charge in [0.15, 0.2) is 5.82 Å². The van der Waals surface area contributed by atoms with Crippen molar-refractivity contribution < 1.29 is 9.59 Å². The van der Waals surface area contributed by atoms with E-state index in [0.717, 1.165) is 11.1 Å². The average molecular weight is 420 g/mol. The molecule has 2 heterocycles. The van der Waals surface area contributed by atoms with Gasteiger partial charge < -0.3 is 16.4 Å². The number of nitrogens with zero attached hydrogens (tertiary/aromatic N) is 1. The van der Waals surface area contributed by atoms with Gasteiger partial charge in [-0.05, 0) is 48.2 Å². The normalized spacial score (nSPS) is 11.9. The fraction of sp³-hybridized carbons (Fsp3) is 0.136. The van der Waals surface area contributed by atoms with Crippen molar-refractivity contribution in [3.8, 4) is 0 Å². The van der Waals surface area contributed by atoms with E-state index in [4.69, 9.17) is 5.73 Å². The molecule has 0 saturated heterocycles. The highest BCUT2D eigenvalue weighted by atomic mass is 32.1. The quantitative estimate of drug-likeness (QED) is 0.363. The lowest BCUT2D eigenvalue weighted by atomic mass is 9.94. The van der Waals surface area contributed by atoms with Gasteiger partial charge in [0.2, 0.25) is 5.91 Å². The van der Waals surface area contributed by atoms with Crippen LogP contribution < -0.4 is 16.4 Å². The molecule has 5 N–H and O–H groups in total. The highest BCUT2D eigenvalue weighted by molar-refractivity contribution is 7.12. The maximum Gasteiger partial charge on any atom is 0.266 e. The molecule has 7 nitrogen and oxygen atoms in total. The molecule has 2 amide bonds. The van der Waals surface area contributed by atoms with Gasteiger partial charge in [0.05, 0.1) is 16.3 Å². The van der Waals surface area contributed by atoms with Gasteiger partial charge in [0, 0.05) is 11.1 Å². The lowest BCUT2D eigenvalue weighted by Crippen LogP contribution is -2.23. The number of aromatic nitrogens is 2. The first-order chi connectivity index (χ1) is 14.7. The number of hydrogen-bond donors (Lipinski definition) is 4. The number of carbonyl (C=O) groups is 2. The zero-order valence-corrected chi connectivity index (χ0v) is 16.9. The van der Waals surface area contributed by atoms with Crippen LogP contribution in [0.4, 0.5) is 11.5 Å². The maximum atomic E-state index is 12.9. The Kier molecular flexibility index (Phi) is 5.87. The van der Waals surface area contributed by atoms with Gasteiger partial charge in [0.1, 0.15) is 0 Å². The van der Waals surface area contributed by atoms with Crippen molar-refractivity contribution in [3.05, 3.63) is 76.5 Å². The first-order valence-electron chi connectivity index (χ1n) is 9.54. The van der Waals surface area contributed by atoms with E-state index in [1.807, 2.05) is 47.8 Å². The summed E-state index contributed by atoms with van der Waals surface area (Å²) in [5.41, 5.74) is 8.04. The van der Waals surface area contributed by atoms with Gasteiger partial charge in [-0.15, -0.1) is 11.3 Å². The summed E-state index contributed by atoms with van der Waals surface area (Å²) < 4.78 is 0. The summed E-state index contributed by atoms with van der Waals surface area (Å²) in [5, 5.41) is 15.4. The second-order valence-electron chi connectivity index (χ2n) is 6.79. The van der Waals surface area contributed by atoms with E-state index in [1.54, 1.807) is 18.2 Å². The number of hydrogen-bond acceptors (Lipinski definition) is 5. The van der Waals surface area contributed by atoms with Crippen LogP contribution in [0.1, 0.15) is 27.6 Å². The fourth-order valence-corrected chi connectivity index (χ4v) is 3.91. The minimum atomic E-state index is -0.339. The van der Waals surface area contributed by atoms with E-state index < -0.39 is 0 Å². The minimum absolute atomic E-state index is 0.126. The summed E-state index contributed by atoms with van der Waals surface area (Å²) >= 11 is 1.36. The van der Waals surface area contributed by atoms with E-state index in [9.17, 15) is 9.59 Å². The van der Waals surface area contributed by atoms with Gasteiger partial charge in [-0.2, -0.15) is 5.10 Å². The van der Waals surface area contributed by atoms with Crippen LogP contribution in [-0.4, -0.2) is 28.6 Å². The number of rotatable bonds is 7. The molecule has 0 aliphatic carbocycles. The summed E-state index contributed by atoms with van der Waals surface area (Å²) in [6, 6.07) is 18.6. The molecule has 30 heavy (non-hydrogen) atoms. The van der Waals surface area contributed by atoms with Gasteiger partial charge in [-0.25, -0.2) is 0 Å². The van der Waals surface area contributed by atoms with Crippen molar-refractivity contribution in [2.75, 3.05) is 17.2 Å². The predicted octanol–water partition coefficient (Wildman–Crippen LogP) is 3.95. The molecule has 2 aromatic carbocycles. The van der Waals surface area contributed by atoms with E-state index in [1.165, 1.54) is 11.3 Å². The Hall–Kier alpha value is -3.49. The third-order valence-electron chi connectivity index (χ3n) is 4.78. The van der Waals surface area contributed by atoms with Crippen LogP contribution in [0, 0.1) is 0 Å². The Balaban J connectivity index is 1.55. The summed E-state index contributed by atoms with van der Waals surface area (Å²) in [7, 11) is 0. The number of fused-ring (bicyclic) bond motifs is 1. The number of anilines is 2. The topological polar surface area (TPSA) is 113 Å². The lowest BCUT2D eigenvalue weighted by molar-refractivity contribution is -0.117. The first kappa shape index (κ1) is 19.8. The van der Waals surface area contributed by atoms with Crippen LogP contribution in [0.25, 0.3) is 10.9 Å². The molecule has 0 radical (unpaired) electrons. The van der Waals surface area contributed by atoms with Gasteiger partial charge >= 0.3 is 0 Å². The van der Waals surface area contributed by atoms with Crippen LogP contribution in [0.3, 0.4) is 0 Å². The van der Waals surface area contributed by atoms with Gasteiger partial charge in [0.25, 0.3) is 5.91 Å². The monoisotopic (exact) mass is 419 g/mol. The maximum absolute atomic E-state index is 12.9. The molecule has 0 unspecified atom stereocenters. The highest BCUT2D eigenvalue weighted by Gasteiger charge is 2.20. The number of aromatic amines is 1. The number of H-pyrrole nitrogens is 1. The molecule has 0 spiro atoms. The minimum Gasteiger partial charge on any atom is -0.330 e. The first-order valence-corrected chi connectivity index (χ1v) is 10.4. The van der Waals surface area contributed by atoms with Gasteiger partial charge in [-0.1, -0.05) is 36.4 Å². The Labute approximate surface area is 177 Å². The number of nitrogens with one attached hydrogen (secondary N) is 3. The van der Waals surface area contributed by atoms with Crippen molar-refractivity contribution >= 4 is 45.6 Å². The highest BCUT2D eigenvalue weighted by Crippen LogP contribution is 2.27. The molecule has 0 fully saturated rings. The van der Waals surface area contributed by atoms with Crippen molar-refractivity contribution in [1.82, 2.24) is 10.2 Å². The molecule has 2 aromatic heterocycles. The molecule has 0 saturated carbocycles. The lowest BCUT2D eigenvalue weighted by Gasteiger charge is -2.16. The molecular formula is C22H21N5O2S. The largest absolute Gasteiger partial charge is 0.330 e. The van der Waals surface area contributed by atoms with Gasteiger partial charge in [-0.3, -0.25) is 14.7 Å². The van der Waals surface area contributed by atoms with Crippen LogP contribution in [-0.2, 0) is 4.79 Å². The number of amides is 2. The summed E-state index contributed by atoms with van der Waals surface area (Å²) in [6.07, 6.45) is 0.548. The second kappa shape index (κ2) is 8.89. The van der Waals surface area contributed by atoms with E-state index in [-0.39, 0.29) is 17.7 Å². The summed E-state index contributed by atoms with van der Waals surface area (Å²) in [6.45, 7) is 0.409. The second-order valence-corrected chi connectivity index (χ2v) is 7.74. The van der Waals surface area contributed by atoms with Crippen molar-refractivity contribution in [2.45, 2.75) is 12.3 Å². The Morgan fingerprint density at radius 2 is 1.90 bits per heavy atom.